The fraction of sp³-hybridized carbons (Fsp3) is 0.647. The molecule has 3 rings (SSSR count). The molecule has 1 unspecified atom stereocenters. The van der Waals surface area contributed by atoms with Crippen LogP contribution in [0.25, 0.3) is 0 Å². The van der Waals surface area contributed by atoms with Crippen LogP contribution < -0.4 is 0 Å². The van der Waals surface area contributed by atoms with E-state index < -0.39 is 0 Å². The van der Waals surface area contributed by atoms with Gasteiger partial charge < -0.3 is 14.2 Å². The summed E-state index contributed by atoms with van der Waals surface area (Å²) < 4.78 is 5.46. The molecule has 1 aromatic heterocycles. The zero-order valence-corrected chi connectivity index (χ0v) is 13.4. The van der Waals surface area contributed by atoms with E-state index in [2.05, 4.69) is 0 Å². The van der Waals surface area contributed by atoms with Gasteiger partial charge in [0.15, 0.2) is 0 Å². The standard InChI is InChI=1S/C17H24N2O3/c1-12-10-15(13(2)22-12)17(21)19-9-5-6-14(11-19)16(20)18-7-3-4-8-18/h10,14H,3-9,11H2,1-2H3. The van der Waals surface area contributed by atoms with Gasteiger partial charge in [0, 0.05) is 26.2 Å². The first-order valence-electron chi connectivity index (χ1n) is 8.21. The highest BCUT2D eigenvalue weighted by atomic mass is 16.3. The first kappa shape index (κ1) is 15.1. The summed E-state index contributed by atoms with van der Waals surface area (Å²) in [5, 5.41) is 0. The van der Waals surface area contributed by atoms with Crippen LogP contribution in [0.5, 0.6) is 0 Å². The Morgan fingerprint density at radius 1 is 1.09 bits per heavy atom. The van der Waals surface area contributed by atoms with E-state index in [9.17, 15) is 9.59 Å². The Morgan fingerprint density at radius 3 is 2.41 bits per heavy atom. The SMILES string of the molecule is Cc1cc(C(=O)N2CCCC(C(=O)N3CCCC3)C2)c(C)o1. The molecule has 2 aliphatic heterocycles. The van der Waals surface area contributed by atoms with Gasteiger partial charge in [0.2, 0.25) is 5.91 Å². The summed E-state index contributed by atoms with van der Waals surface area (Å²) in [4.78, 5) is 29.0. The van der Waals surface area contributed by atoms with E-state index in [0.717, 1.165) is 51.1 Å². The van der Waals surface area contributed by atoms with Gasteiger partial charge in [-0.05, 0) is 45.6 Å². The number of nitrogens with zero attached hydrogens (tertiary/aromatic N) is 2. The monoisotopic (exact) mass is 304 g/mol. The Kier molecular flexibility index (Phi) is 4.23. The lowest BCUT2D eigenvalue weighted by Gasteiger charge is -2.33. The fourth-order valence-corrected chi connectivity index (χ4v) is 3.57. The van der Waals surface area contributed by atoms with E-state index >= 15 is 0 Å². The minimum absolute atomic E-state index is 0.00623. The molecule has 22 heavy (non-hydrogen) atoms. The van der Waals surface area contributed by atoms with E-state index in [4.69, 9.17) is 4.42 Å². The molecule has 2 fully saturated rings. The second-order valence-electron chi connectivity index (χ2n) is 6.45. The summed E-state index contributed by atoms with van der Waals surface area (Å²) in [5.74, 6) is 1.60. The van der Waals surface area contributed by atoms with Crippen molar-refractivity contribution in [3.8, 4) is 0 Å². The molecule has 120 valence electrons. The number of aryl methyl sites for hydroxylation is 2. The predicted octanol–water partition coefficient (Wildman–Crippen LogP) is 2.37. The van der Waals surface area contributed by atoms with Crippen molar-refractivity contribution in [2.24, 2.45) is 5.92 Å². The molecular formula is C17H24N2O3. The van der Waals surface area contributed by atoms with E-state index in [1.54, 1.807) is 6.07 Å². The van der Waals surface area contributed by atoms with Crippen LogP contribution >= 0.6 is 0 Å². The highest BCUT2D eigenvalue weighted by Crippen LogP contribution is 2.24. The molecular weight excluding hydrogens is 280 g/mol. The number of likely N-dealkylation sites (tertiary alicyclic amines) is 2. The third kappa shape index (κ3) is 2.89. The number of furan rings is 1. The quantitative estimate of drug-likeness (QED) is 0.843. The molecule has 5 nitrogen and oxygen atoms in total. The van der Waals surface area contributed by atoms with Crippen molar-refractivity contribution in [3.63, 3.8) is 0 Å². The molecule has 2 amide bonds. The van der Waals surface area contributed by atoms with Crippen LogP contribution in [-0.4, -0.2) is 47.8 Å². The van der Waals surface area contributed by atoms with Crippen molar-refractivity contribution in [2.75, 3.05) is 26.2 Å². The maximum Gasteiger partial charge on any atom is 0.257 e. The summed E-state index contributed by atoms with van der Waals surface area (Å²) in [5.41, 5.74) is 0.631. The van der Waals surface area contributed by atoms with Crippen LogP contribution in [0.2, 0.25) is 0 Å². The summed E-state index contributed by atoms with van der Waals surface area (Å²) in [6.07, 6.45) is 4.00. The lowest BCUT2D eigenvalue weighted by molar-refractivity contribution is -0.135. The second-order valence-corrected chi connectivity index (χ2v) is 6.45. The van der Waals surface area contributed by atoms with E-state index in [1.807, 2.05) is 23.6 Å². The van der Waals surface area contributed by atoms with Gasteiger partial charge in [-0.15, -0.1) is 0 Å². The van der Waals surface area contributed by atoms with Crippen molar-refractivity contribution >= 4 is 11.8 Å². The molecule has 5 heteroatoms. The highest BCUT2D eigenvalue weighted by molar-refractivity contribution is 5.95. The summed E-state index contributed by atoms with van der Waals surface area (Å²) in [6, 6.07) is 1.80. The average molecular weight is 304 g/mol. The van der Waals surface area contributed by atoms with Crippen LogP contribution in [-0.2, 0) is 4.79 Å². The number of carbonyl (C=O) groups is 2. The Labute approximate surface area is 131 Å². The van der Waals surface area contributed by atoms with Gasteiger partial charge in [0.05, 0.1) is 11.5 Å². The molecule has 0 aliphatic carbocycles. The van der Waals surface area contributed by atoms with Crippen LogP contribution in [0, 0.1) is 19.8 Å². The van der Waals surface area contributed by atoms with Gasteiger partial charge in [-0.3, -0.25) is 9.59 Å². The van der Waals surface area contributed by atoms with Crippen molar-refractivity contribution < 1.29 is 14.0 Å². The predicted molar refractivity (Wildman–Crippen MR) is 82.6 cm³/mol. The molecule has 1 aromatic rings. The molecule has 0 saturated carbocycles. The van der Waals surface area contributed by atoms with Crippen molar-refractivity contribution in [2.45, 2.75) is 39.5 Å². The third-order valence-corrected chi connectivity index (χ3v) is 4.75. The molecule has 2 aliphatic rings. The van der Waals surface area contributed by atoms with Crippen LogP contribution in [0.15, 0.2) is 10.5 Å². The number of hydrogen-bond acceptors (Lipinski definition) is 3. The van der Waals surface area contributed by atoms with Crippen LogP contribution in [0.1, 0.15) is 47.6 Å². The van der Waals surface area contributed by atoms with Gasteiger partial charge in [-0.2, -0.15) is 0 Å². The van der Waals surface area contributed by atoms with Gasteiger partial charge in [-0.25, -0.2) is 0 Å². The zero-order valence-electron chi connectivity index (χ0n) is 13.4. The lowest BCUT2D eigenvalue weighted by Crippen LogP contribution is -2.46. The van der Waals surface area contributed by atoms with Crippen molar-refractivity contribution in [3.05, 3.63) is 23.2 Å². The van der Waals surface area contributed by atoms with E-state index in [0.29, 0.717) is 17.9 Å². The number of piperidine rings is 1. The first-order chi connectivity index (χ1) is 10.6. The topological polar surface area (TPSA) is 53.8 Å². The Bertz CT molecular complexity index is 572. The molecule has 0 radical (unpaired) electrons. The highest BCUT2D eigenvalue weighted by Gasteiger charge is 2.33. The number of rotatable bonds is 2. The summed E-state index contributed by atoms with van der Waals surface area (Å²) >= 11 is 0. The number of amides is 2. The Morgan fingerprint density at radius 2 is 1.77 bits per heavy atom. The van der Waals surface area contributed by atoms with Crippen molar-refractivity contribution in [1.82, 2.24) is 9.80 Å². The van der Waals surface area contributed by atoms with Gasteiger partial charge in [0.25, 0.3) is 5.91 Å². The third-order valence-electron chi connectivity index (χ3n) is 4.75. The minimum Gasteiger partial charge on any atom is -0.466 e. The fourth-order valence-electron chi connectivity index (χ4n) is 3.57. The maximum atomic E-state index is 12.7. The Hall–Kier alpha value is -1.78. The van der Waals surface area contributed by atoms with E-state index in [-0.39, 0.29) is 17.7 Å². The normalized spacial score (nSPS) is 22.2. The molecule has 0 N–H and O–H groups in total. The van der Waals surface area contributed by atoms with E-state index in [1.165, 1.54) is 0 Å². The molecule has 0 aromatic carbocycles. The molecule has 1 atom stereocenters. The summed E-state index contributed by atoms with van der Waals surface area (Å²) in [7, 11) is 0. The van der Waals surface area contributed by atoms with Gasteiger partial charge in [-0.1, -0.05) is 0 Å². The maximum absolute atomic E-state index is 12.7. The smallest absolute Gasteiger partial charge is 0.257 e. The van der Waals surface area contributed by atoms with Crippen molar-refractivity contribution in [1.29, 1.82) is 0 Å². The van der Waals surface area contributed by atoms with Gasteiger partial charge >= 0.3 is 0 Å². The lowest BCUT2D eigenvalue weighted by atomic mass is 9.96. The average Bonchev–Trinajstić information content (AvgIpc) is 3.15. The first-order valence-corrected chi connectivity index (χ1v) is 8.21. The molecule has 3 heterocycles. The van der Waals surface area contributed by atoms with Crippen LogP contribution in [0.4, 0.5) is 0 Å². The summed E-state index contributed by atoms with van der Waals surface area (Å²) in [6.45, 7) is 6.69. The molecule has 0 spiro atoms. The largest absolute Gasteiger partial charge is 0.466 e. The van der Waals surface area contributed by atoms with Gasteiger partial charge in [0.1, 0.15) is 11.5 Å². The zero-order chi connectivity index (χ0) is 15.7. The minimum atomic E-state index is -0.0379. The second kappa shape index (κ2) is 6.15. The van der Waals surface area contributed by atoms with Crippen LogP contribution in [0.3, 0.4) is 0 Å². The molecule has 2 saturated heterocycles. The molecule has 0 bridgehead atoms. The number of carbonyl (C=O) groups excluding carboxylic acids is 2. The number of hydrogen-bond donors (Lipinski definition) is 0. The Balaban J connectivity index is 1.68.